The largest absolute Gasteiger partial charge is 2.00 e. The quantitative estimate of drug-likeness (QED) is 0.482. The van der Waals surface area contributed by atoms with Gasteiger partial charge in [-0.15, -0.1) is 0 Å². The Morgan fingerprint density at radius 2 is 1.04 bits per heavy atom. The van der Waals surface area contributed by atoms with E-state index in [4.69, 9.17) is 10.2 Å². The van der Waals surface area contributed by atoms with Gasteiger partial charge >= 0.3 is 16.8 Å². The standard InChI is InChI=1S/2C7H9NO.2ClH.Co.2H2O/c2*9-6-4-7-3-1-2-5-8-7;;;;;/h2*1-3,5,9H,4,6H2;2*1H;;2*1H2/q;;;;+2;;. The van der Waals surface area contributed by atoms with E-state index in [2.05, 4.69) is 9.97 Å². The fraction of sp³-hybridized carbons (Fsp3) is 0.286. The number of hydrogen-bond donors (Lipinski definition) is 2. The Balaban J connectivity index is -0.0000000771. The van der Waals surface area contributed by atoms with Crippen molar-refractivity contribution in [1.82, 2.24) is 9.97 Å². The molecule has 0 spiro atoms. The van der Waals surface area contributed by atoms with Gasteiger partial charge in [0.15, 0.2) is 0 Å². The first-order chi connectivity index (χ1) is 8.86. The maximum atomic E-state index is 8.48. The molecule has 0 atom stereocenters. The van der Waals surface area contributed by atoms with Gasteiger partial charge in [-0.3, -0.25) is 9.97 Å². The summed E-state index contributed by atoms with van der Waals surface area (Å²) in [6, 6.07) is 11.4. The molecule has 0 aromatic carbocycles. The smallest absolute Gasteiger partial charge is 1.00 e. The van der Waals surface area contributed by atoms with Crippen molar-refractivity contribution in [3.05, 3.63) is 60.2 Å². The predicted octanol–water partition coefficient (Wildman–Crippen LogP) is -6.61. The van der Waals surface area contributed by atoms with E-state index in [0.29, 0.717) is 12.8 Å². The molecule has 2 rings (SSSR count). The van der Waals surface area contributed by atoms with Crippen molar-refractivity contribution in [3.63, 3.8) is 0 Å². The van der Waals surface area contributed by atoms with E-state index >= 15 is 0 Å². The van der Waals surface area contributed by atoms with Crippen molar-refractivity contribution in [3.8, 4) is 0 Å². The van der Waals surface area contributed by atoms with Crippen molar-refractivity contribution in [2.75, 3.05) is 13.2 Å². The summed E-state index contributed by atoms with van der Waals surface area (Å²) in [6.07, 6.45) is 4.76. The van der Waals surface area contributed by atoms with Crippen molar-refractivity contribution >= 4 is 0 Å². The molecule has 0 saturated carbocycles. The van der Waals surface area contributed by atoms with E-state index in [-0.39, 0.29) is 65.8 Å². The molecule has 2 aromatic rings. The predicted molar refractivity (Wildman–Crippen MR) is 79.8 cm³/mol. The van der Waals surface area contributed by atoms with Crippen LogP contribution in [0.2, 0.25) is 0 Å². The van der Waals surface area contributed by atoms with Crippen LogP contribution >= 0.6 is 0 Å². The van der Waals surface area contributed by atoms with Crippen LogP contribution in [-0.4, -0.2) is 33.4 Å². The molecular formula is C14H24Cl2CoN2O4+2. The van der Waals surface area contributed by atoms with Crippen LogP contribution in [0.15, 0.2) is 48.8 Å². The SMILES string of the molecule is OCCc1ccccn1.OCCc1ccccn1.[Cl-].[Cl-].[Co+2].[OH3+].[OH3+]. The average molecular weight is 414 g/mol. The molecule has 0 unspecified atom stereocenters. The molecule has 0 aliphatic carbocycles. The van der Waals surface area contributed by atoms with Crippen LogP contribution < -0.4 is 24.8 Å². The molecule has 23 heavy (non-hydrogen) atoms. The molecule has 0 saturated heterocycles. The third-order valence-electron chi connectivity index (χ3n) is 2.19. The molecule has 0 aliphatic rings. The van der Waals surface area contributed by atoms with E-state index in [9.17, 15) is 0 Å². The number of aliphatic hydroxyl groups excluding tert-OH is 2. The second kappa shape index (κ2) is 23.5. The van der Waals surface area contributed by atoms with Crippen LogP contribution in [0.5, 0.6) is 0 Å². The Labute approximate surface area is 159 Å². The van der Waals surface area contributed by atoms with Gasteiger partial charge < -0.3 is 46.0 Å². The fourth-order valence-corrected chi connectivity index (χ4v) is 1.32. The van der Waals surface area contributed by atoms with Crippen molar-refractivity contribution in [1.29, 1.82) is 0 Å². The number of nitrogens with zero attached hydrogens (tertiary/aromatic N) is 2. The first-order valence-electron chi connectivity index (χ1n) is 5.88. The van der Waals surface area contributed by atoms with Crippen LogP contribution in [0.1, 0.15) is 11.4 Å². The first-order valence-corrected chi connectivity index (χ1v) is 5.88. The molecular weight excluding hydrogens is 390 g/mol. The topological polar surface area (TPSA) is 132 Å². The summed E-state index contributed by atoms with van der Waals surface area (Å²) in [5.74, 6) is 0. The number of rotatable bonds is 4. The second-order valence-electron chi connectivity index (χ2n) is 3.59. The summed E-state index contributed by atoms with van der Waals surface area (Å²) >= 11 is 0. The Kier molecular flexibility index (Phi) is 34.5. The fourth-order valence-electron chi connectivity index (χ4n) is 1.32. The number of pyridine rings is 2. The number of halogens is 2. The summed E-state index contributed by atoms with van der Waals surface area (Å²) in [5.41, 5.74) is 1.89. The normalized spacial score (nSPS) is 7.39. The van der Waals surface area contributed by atoms with Gasteiger partial charge in [0.05, 0.1) is 0 Å². The zero-order valence-electron chi connectivity index (χ0n) is 12.5. The molecule has 2 heterocycles. The van der Waals surface area contributed by atoms with Crippen LogP contribution in [0.25, 0.3) is 0 Å². The van der Waals surface area contributed by atoms with Crippen LogP contribution in [0, 0.1) is 0 Å². The van der Waals surface area contributed by atoms with Gasteiger partial charge in [-0.05, 0) is 24.3 Å². The Hall–Kier alpha value is -0.774. The molecule has 135 valence electrons. The van der Waals surface area contributed by atoms with Gasteiger partial charge in [-0.2, -0.15) is 0 Å². The van der Waals surface area contributed by atoms with Gasteiger partial charge in [-0.1, -0.05) is 12.1 Å². The van der Waals surface area contributed by atoms with Crippen molar-refractivity contribution in [2.24, 2.45) is 0 Å². The summed E-state index contributed by atoms with van der Waals surface area (Å²) in [6.45, 7) is 0.355. The summed E-state index contributed by atoms with van der Waals surface area (Å²) < 4.78 is 0. The molecule has 8 N–H and O–H groups in total. The minimum absolute atomic E-state index is 0. The maximum absolute atomic E-state index is 8.48. The van der Waals surface area contributed by atoms with Gasteiger partial charge in [-0.25, -0.2) is 0 Å². The molecule has 1 radical (unpaired) electrons. The van der Waals surface area contributed by atoms with Crippen molar-refractivity contribution < 1.29 is 62.8 Å². The van der Waals surface area contributed by atoms with Crippen LogP contribution in [0.4, 0.5) is 0 Å². The number of hydrogen-bond acceptors (Lipinski definition) is 4. The van der Waals surface area contributed by atoms with Crippen LogP contribution in [-0.2, 0) is 40.6 Å². The van der Waals surface area contributed by atoms with Crippen LogP contribution in [0.3, 0.4) is 0 Å². The van der Waals surface area contributed by atoms with E-state index in [1.54, 1.807) is 12.4 Å². The molecule has 2 aromatic heterocycles. The van der Waals surface area contributed by atoms with E-state index in [1.807, 2.05) is 36.4 Å². The van der Waals surface area contributed by atoms with Gasteiger partial charge in [0.25, 0.3) is 0 Å². The maximum Gasteiger partial charge on any atom is 2.00 e. The van der Waals surface area contributed by atoms with E-state index in [0.717, 1.165) is 11.4 Å². The third-order valence-corrected chi connectivity index (χ3v) is 2.19. The van der Waals surface area contributed by atoms with Gasteiger partial charge in [0.2, 0.25) is 0 Å². The Morgan fingerprint density at radius 1 is 0.696 bits per heavy atom. The van der Waals surface area contributed by atoms with Gasteiger partial charge in [0.1, 0.15) is 0 Å². The molecule has 0 fully saturated rings. The molecule has 0 amide bonds. The van der Waals surface area contributed by atoms with Gasteiger partial charge in [0, 0.05) is 49.8 Å². The number of aromatic nitrogens is 2. The Morgan fingerprint density at radius 3 is 1.26 bits per heavy atom. The second-order valence-corrected chi connectivity index (χ2v) is 3.59. The molecule has 0 aliphatic heterocycles. The summed E-state index contributed by atoms with van der Waals surface area (Å²) in [4.78, 5) is 8.02. The van der Waals surface area contributed by atoms with E-state index in [1.165, 1.54) is 0 Å². The summed E-state index contributed by atoms with van der Waals surface area (Å²) in [5, 5.41) is 17.0. The van der Waals surface area contributed by atoms with E-state index < -0.39 is 0 Å². The molecule has 6 nitrogen and oxygen atoms in total. The van der Waals surface area contributed by atoms with Crippen molar-refractivity contribution in [2.45, 2.75) is 12.8 Å². The first kappa shape index (κ1) is 33.7. The Bertz CT molecular complexity index is 386. The number of aliphatic hydroxyl groups is 2. The monoisotopic (exact) mass is 413 g/mol. The molecule has 0 bridgehead atoms. The minimum Gasteiger partial charge on any atom is -1.00 e. The molecule has 9 heteroatoms. The minimum atomic E-state index is 0. The summed E-state index contributed by atoms with van der Waals surface area (Å²) in [7, 11) is 0. The third kappa shape index (κ3) is 17.4. The zero-order chi connectivity index (χ0) is 13.1. The average Bonchev–Trinajstić information content (AvgIpc) is 2.43. The zero-order valence-corrected chi connectivity index (χ0v) is 15.0.